The molecule has 1 heterocycles. The fourth-order valence-electron chi connectivity index (χ4n) is 2.35. The van der Waals surface area contributed by atoms with Gasteiger partial charge in [0.1, 0.15) is 0 Å². The summed E-state index contributed by atoms with van der Waals surface area (Å²) < 4.78 is 0. The van der Waals surface area contributed by atoms with Crippen molar-refractivity contribution in [3.63, 3.8) is 0 Å². The normalized spacial score (nSPS) is 23.0. The summed E-state index contributed by atoms with van der Waals surface area (Å²) >= 11 is 2.07. The van der Waals surface area contributed by atoms with Crippen molar-refractivity contribution in [1.82, 2.24) is 0 Å². The molecule has 0 amide bonds. The first-order valence-electron chi connectivity index (χ1n) is 6.18. The molecule has 16 heavy (non-hydrogen) atoms. The average molecular weight is 235 g/mol. The SMILES string of the molecule is Cc1cccc(CC(N)C2CCCCS2)c1. The highest BCUT2D eigenvalue weighted by molar-refractivity contribution is 8.00. The van der Waals surface area contributed by atoms with Crippen LogP contribution < -0.4 is 5.73 Å². The number of benzene rings is 1. The Kier molecular flexibility index (Phi) is 4.30. The molecule has 2 unspecified atom stereocenters. The maximum absolute atomic E-state index is 6.31. The summed E-state index contributed by atoms with van der Waals surface area (Å²) in [7, 11) is 0. The zero-order valence-corrected chi connectivity index (χ0v) is 10.8. The largest absolute Gasteiger partial charge is 0.326 e. The minimum atomic E-state index is 0.326. The zero-order valence-electron chi connectivity index (χ0n) is 9.99. The lowest BCUT2D eigenvalue weighted by molar-refractivity contribution is 0.559. The Morgan fingerprint density at radius 1 is 1.44 bits per heavy atom. The van der Waals surface area contributed by atoms with Gasteiger partial charge in [-0.15, -0.1) is 0 Å². The summed E-state index contributed by atoms with van der Waals surface area (Å²) in [4.78, 5) is 0. The molecular weight excluding hydrogens is 214 g/mol. The molecule has 0 aromatic heterocycles. The third-order valence-electron chi connectivity index (χ3n) is 3.25. The summed E-state index contributed by atoms with van der Waals surface area (Å²) in [5.41, 5.74) is 9.03. The number of aryl methyl sites for hydroxylation is 1. The lowest BCUT2D eigenvalue weighted by Gasteiger charge is -2.27. The van der Waals surface area contributed by atoms with Crippen LogP contribution in [0.15, 0.2) is 24.3 Å². The van der Waals surface area contributed by atoms with Crippen molar-refractivity contribution in [3.8, 4) is 0 Å². The van der Waals surface area contributed by atoms with E-state index in [1.54, 1.807) is 0 Å². The molecule has 0 spiro atoms. The Balaban J connectivity index is 1.93. The number of hydrogen-bond donors (Lipinski definition) is 1. The third-order valence-corrected chi connectivity index (χ3v) is 4.78. The maximum Gasteiger partial charge on any atom is 0.0202 e. The van der Waals surface area contributed by atoms with Crippen LogP contribution in [0.3, 0.4) is 0 Å². The number of nitrogens with two attached hydrogens (primary N) is 1. The summed E-state index contributed by atoms with van der Waals surface area (Å²) in [6, 6.07) is 9.05. The monoisotopic (exact) mass is 235 g/mol. The van der Waals surface area contributed by atoms with Crippen molar-refractivity contribution in [3.05, 3.63) is 35.4 Å². The highest BCUT2D eigenvalue weighted by atomic mass is 32.2. The molecule has 2 atom stereocenters. The van der Waals surface area contributed by atoms with Crippen LogP contribution in [0.1, 0.15) is 30.4 Å². The third kappa shape index (κ3) is 3.26. The van der Waals surface area contributed by atoms with Crippen LogP contribution in [0.25, 0.3) is 0 Å². The molecule has 88 valence electrons. The van der Waals surface area contributed by atoms with Crippen LogP contribution in [0.5, 0.6) is 0 Å². The van der Waals surface area contributed by atoms with E-state index < -0.39 is 0 Å². The summed E-state index contributed by atoms with van der Waals surface area (Å²) in [6.07, 6.45) is 5.06. The van der Waals surface area contributed by atoms with Gasteiger partial charge in [-0.05, 0) is 37.5 Å². The lowest BCUT2D eigenvalue weighted by Crippen LogP contribution is -2.36. The quantitative estimate of drug-likeness (QED) is 0.871. The van der Waals surface area contributed by atoms with Gasteiger partial charge in [-0.1, -0.05) is 36.2 Å². The Morgan fingerprint density at radius 3 is 3.00 bits per heavy atom. The molecule has 2 rings (SSSR count). The first-order chi connectivity index (χ1) is 7.75. The van der Waals surface area contributed by atoms with Gasteiger partial charge in [0.2, 0.25) is 0 Å². The summed E-state index contributed by atoms with van der Waals surface area (Å²) in [6.45, 7) is 2.14. The molecule has 1 fully saturated rings. The summed E-state index contributed by atoms with van der Waals surface area (Å²) in [5, 5.41) is 0.675. The highest BCUT2D eigenvalue weighted by Gasteiger charge is 2.21. The van der Waals surface area contributed by atoms with E-state index in [1.807, 2.05) is 0 Å². The van der Waals surface area contributed by atoms with E-state index >= 15 is 0 Å². The molecule has 1 aromatic rings. The molecular formula is C14H21NS. The van der Waals surface area contributed by atoms with E-state index in [2.05, 4.69) is 43.0 Å². The molecule has 1 aromatic carbocycles. The number of thioether (sulfide) groups is 1. The van der Waals surface area contributed by atoms with Crippen molar-refractivity contribution in [1.29, 1.82) is 0 Å². The average Bonchev–Trinajstić information content (AvgIpc) is 2.30. The second kappa shape index (κ2) is 5.74. The predicted molar refractivity (Wildman–Crippen MR) is 73.0 cm³/mol. The molecule has 1 aliphatic heterocycles. The summed E-state index contributed by atoms with van der Waals surface area (Å²) in [5.74, 6) is 1.30. The molecule has 2 N–H and O–H groups in total. The molecule has 1 aliphatic rings. The van der Waals surface area contributed by atoms with Crippen LogP contribution in [-0.4, -0.2) is 17.0 Å². The predicted octanol–water partition coefficient (Wildman–Crippen LogP) is 3.15. The van der Waals surface area contributed by atoms with Crippen LogP contribution in [-0.2, 0) is 6.42 Å². The Hall–Kier alpha value is -0.470. The Bertz CT molecular complexity index is 331. The van der Waals surface area contributed by atoms with Crippen molar-refractivity contribution in [2.45, 2.75) is 43.9 Å². The molecule has 0 bridgehead atoms. The van der Waals surface area contributed by atoms with E-state index in [4.69, 9.17) is 5.73 Å². The molecule has 1 saturated heterocycles. The van der Waals surface area contributed by atoms with Gasteiger partial charge in [-0.2, -0.15) is 11.8 Å². The first-order valence-corrected chi connectivity index (χ1v) is 7.23. The second-order valence-electron chi connectivity index (χ2n) is 4.76. The minimum Gasteiger partial charge on any atom is -0.326 e. The number of rotatable bonds is 3. The van der Waals surface area contributed by atoms with Gasteiger partial charge in [-0.25, -0.2) is 0 Å². The highest BCUT2D eigenvalue weighted by Crippen LogP contribution is 2.28. The van der Waals surface area contributed by atoms with E-state index in [0.717, 1.165) is 6.42 Å². The van der Waals surface area contributed by atoms with Gasteiger partial charge >= 0.3 is 0 Å². The first kappa shape index (κ1) is 12.0. The van der Waals surface area contributed by atoms with Gasteiger partial charge in [0.05, 0.1) is 0 Å². The van der Waals surface area contributed by atoms with Crippen molar-refractivity contribution in [2.75, 3.05) is 5.75 Å². The van der Waals surface area contributed by atoms with E-state index in [9.17, 15) is 0 Å². The molecule has 0 saturated carbocycles. The second-order valence-corrected chi connectivity index (χ2v) is 6.11. The van der Waals surface area contributed by atoms with Gasteiger partial charge in [0, 0.05) is 11.3 Å². The van der Waals surface area contributed by atoms with Crippen molar-refractivity contribution in [2.24, 2.45) is 5.73 Å². The lowest BCUT2D eigenvalue weighted by atomic mass is 9.99. The fourth-order valence-corrected chi connectivity index (χ4v) is 3.70. The van der Waals surface area contributed by atoms with Crippen molar-refractivity contribution < 1.29 is 0 Å². The van der Waals surface area contributed by atoms with Gasteiger partial charge in [-0.3, -0.25) is 0 Å². The van der Waals surface area contributed by atoms with Gasteiger partial charge in [0.25, 0.3) is 0 Å². The Morgan fingerprint density at radius 2 is 2.31 bits per heavy atom. The maximum atomic E-state index is 6.31. The van der Waals surface area contributed by atoms with Crippen LogP contribution in [0.4, 0.5) is 0 Å². The molecule has 0 aliphatic carbocycles. The van der Waals surface area contributed by atoms with E-state index in [-0.39, 0.29) is 0 Å². The zero-order chi connectivity index (χ0) is 11.4. The molecule has 1 nitrogen and oxygen atoms in total. The topological polar surface area (TPSA) is 26.0 Å². The molecule has 0 radical (unpaired) electrons. The van der Waals surface area contributed by atoms with Crippen LogP contribution in [0, 0.1) is 6.92 Å². The van der Waals surface area contributed by atoms with Crippen molar-refractivity contribution >= 4 is 11.8 Å². The van der Waals surface area contributed by atoms with E-state index in [1.165, 1.54) is 36.1 Å². The molecule has 2 heteroatoms. The van der Waals surface area contributed by atoms with Crippen LogP contribution in [0.2, 0.25) is 0 Å². The van der Waals surface area contributed by atoms with Gasteiger partial charge < -0.3 is 5.73 Å². The van der Waals surface area contributed by atoms with Gasteiger partial charge in [0.15, 0.2) is 0 Å². The number of hydrogen-bond acceptors (Lipinski definition) is 2. The fraction of sp³-hybridized carbons (Fsp3) is 0.571. The van der Waals surface area contributed by atoms with Crippen LogP contribution >= 0.6 is 11.8 Å². The smallest absolute Gasteiger partial charge is 0.0202 e. The standard InChI is InChI=1S/C14H21NS/c1-11-5-4-6-12(9-11)10-13(15)14-7-2-3-8-16-14/h4-6,9,13-14H,2-3,7-8,10,15H2,1H3. The minimum absolute atomic E-state index is 0.326. The Labute approximate surface area is 103 Å². The van der Waals surface area contributed by atoms with E-state index in [0.29, 0.717) is 11.3 Å².